The van der Waals surface area contributed by atoms with Crippen molar-refractivity contribution in [3.63, 3.8) is 0 Å². The van der Waals surface area contributed by atoms with Gasteiger partial charge >= 0.3 is 0 Å². The van der Waals surface area contributed by atoms with Crippen LogP contribution in [0.4, 0.5) is 0 Å². The van der Waals surface area contributed by atoms with Gasteiger partial charge in [-0.2, -0.15) is 0 Å². The van der Waals surface area contributed by atoms with Crippen molar-refractivity contribution in [1.29, 1.82) is 0 Å². The Bertz CT molecular complexity index is 1030. The van der Waals surface area contributed by atoms with Gasteiger partial charge in [0.15, 0.2) is 0 Å². The number of allylic oxidation sites excluding steroid dienone is 2. The largest absolute Gasteiger partial charge is 0.516 e. The quantitative estimate of drug-likeness (QED) is 0.182. The van der Waals surface area contributed by atoms with Crippen LogP contribution in [0.3, 0.4) is 0 Å². The summed E-state index contributed by atoms with van der Waals surface area (Å²) in [5.41, 5.74) is 4.25. The number of hydrogen-bond acceptors (Lipinski definition) is 1. The maximum Gasteiger partial charge on any atom is 0.115 e. The molecule has 46 heavy (non-hydrogen) atoms. The lowest BCUT2D eigenvalue weighted by Crippen LogP contribution is -2.64. The van der Waals surface area contributed by atoms with Crippen molar-refractivity contribution in [2.24, 2.45) is 62.6 Å². The fraction of sp³-hybridized carbons (Fsp3) is 0.909. The Labute approximate surface area is 290 Å². The topological polar surface area (TPSA) is 20.2 Å². The highest BCUT2D eigenvalue weighted by Gasteiger charge is 2.70. The number of aliphatic hydroxyl groups excluding tert-OH is 1. The number of fused-ring (bicyclic) bond motifs is 7. The maximum absolute atomic E-state index is 7.33. The zero-order valence-corrected chi connectivity index (χ0v) is 32.2. The van der Waals surface area contributed by atoms with Crippen LogP contribution in [0.2, 0.25) is 12.1 Å². The standard InChI is InChI=1S/C33H56B.C8H16.C2H4O.CH4/c1-10-32-24(3)13-11-18-29(32,6)19-12-14-25-26(32)15-16-27-30(25,7)21-22-33(34-9)28(4,5)23(2)17-20-31(27,33)8;1-7-5-3-4-6-8(7)2;1-2-3;/h15,23-25,27H,10-14,16-22H2,1-9H3;7-8H,3-6H2,1-2H3;2-3H,1H2;1H4. The summed E-state index contributed by atoms with van der Waals surface area (Å²) in [6, 6.07) is 0. The maximum atomic E-state index is 7.33. The Morgan fingerprint density at radius 2 is 1.37 bits per heavy atom. The minimum absolute atomic E-state index is 0. The highest BCUT2D eigenvalue weighted by Crippen LogP contribution is 2.80. The first kappa shape index (κ1) is 39.8. The predicted molar refractivity (Wildman–Crippen MR) is 206 cm³/mol. The molecule has 0 aromatic carbocycles. The lowest BCUT2D eigenvalue weighted by atomic mass is 9.23. The third-order valence-corrected chi connectivity index (χ3v) is 17.5. The fourth-order valence-corrected chi connectivity index (χ4v) is 14.3. The number of rotatable bonds is 2. The van der Waals surface area contributed by atoms with E-state index in [0.717, 1.165) is 41.8 Å². The second-order valence-electron chi connectivity index (χ2n) is 18.8. The van der Waals surface area contributed by atoms with Gasteiger partial charge < -0.3 is 5.11 Å². The van der Waals surface area contributed by atoms with E-state index in [1.807, 2.05) is 5.57 Å². The molecule has 0 aliphatic heterocycles. The molecule has 6 rings (SSSR count). The minimum Gasteiger partial charge on any atom is -0.516 e. The highest BCUT2D eigenvalue weighted by molar-refractivity contribution is 6.39. The van der Waals surface area contributed by atoms with Crippen LogP contribution in [0.1, 0.15) is 179 Å². The summed E-state index contributed by atoms with van der Waals surface area (Å²) in [6.07, 6.45) is 26.7. The van der Waals surface area contributed by atoms with Gasteiger partial charge in [0, 0.05) is 0 Å². The van der Waals surface area contributed by atoms with E-state index in [2.05, 4.69) is 96.0 Å². The van der Waals surface area contributed by atoms with Crippen LogP contribution >= 0.6 is 0 Å². The molecule has 0 amide bonds. The number of hydrogen-bond donors (Lipinski definition) is 1. The van der Waals surface area contributed by atoms with Gasteiger partial charge in [-0.3, -0.25) is 0 Å². The normalized spacial score (nSPS) is 47.4. The van der Waals surface area contributed by atoms with E-state index < -0.39 is 0 Å². The molecular weight excluding hydrogens is 555 g/mol. The third-order valence-electron chi connectivity index (χ3n) is 17.5. The Hall–Kier alpha value is -0.655. The first-order chi connectivity index (χ1) is 21.1. The second kappa shape index (κ2) is 14.7. The van der Waals surface area contributed by atoms with Crippen LogP contribution in [0.15, 0.2) is 24.5 Å². The van der Waals surface area contributed by atoms with Crippen molar-refractivity contribution < 1.29 is 5.11 Å². The van der Waals surface area contributed by atoms with Crippen LogP contribution in [-0.4, -0.2) is 12.4 Å². The van der Waals surface area contributed by atoms with Crippen molar-refractivity contribution in [3.05, 3.63) is 24.5 Å². The second-order valence-corrected chi connectivity index (χ2v) is 18.8. The molecule has 1 N–H and O–H groups in total. The van der Waals surface area contributed by atoms with Crippen LogP contribution in [-0.2, 0) is 0 Å². The molecule has 0 saturated heterocycles. The lowest BCUT2D eigenvalue weighted by Gasteiger charge is -2.73. The lowest BCUT2D eigenvalue weighted by molar-refractivity contribution is -0.155. The minimum atomic E-state index is 0. The van der Waals surface area contributed by atoms with Crippen molar-refractivity contribution in [2.75, 3.05) is 0 Å². The van der Waals surface area contributed by atoms with Crippen LogP contribution < -0.4 is 0 Å². The fourth-order valence-electron chi connectivity index (χ4n) is 14.3. The Kier molecular flexibility index (Phi) is 12.7. The van der Waals surface area contributed by atoms with Gasteiger partial charge in [0.2, 0.25) is 0 Å². The highest BCUT2D eigenvalue weighted by atomic mass is 16.2. The molecule has 5 saturated carbocycles. The van der Waals surface area contributed by atoms with Gasteiger partial charge in [-0.15, -0.1) is 0 Å². The molecule has 6 aliphatic carbocycles. The molecule has 0 aromatic rings. The molecule has 5 fully saturated rings. The van der Waals surface area contributed by atoms with Gasteiger partial charge in [-0.05, 0) is 126 Å². The molecule has 0 spiro atoms. The monoisotopic (exact) mass is 636 g/mol. The molecule has 6 aliphatic rings. The first-order valence-corrected chi connectivity index (χ1v) is 19.9. The molecule has 265 valence electrons. The average Bonchev–Trinajstić information content (AvgIpc) is 3.13. The molecule has 1 radical (unpaired) electrons. The van der Waals surface area contributed by atoms with Gasteiger partial charge in [0.1, 0.15) is 7.28 Å². The first-order valence-electron chi connectivity index (χ1n) is 19.9. The van der Waals surface area contributed by atoms with Crippen LogP contribution in [0.25, 0.3) is 0 Å². The summed E-state index contributed by atoms with van der Waals surface area (Å²) < 4.78 is 0. The molecule has 0 bridgehead atoms. The van der Waals surface area contributed by atoms with E-state index in [0.29, 0.717) is 32.4 Å². The zero-order chi connectivity index (χ0) is 33.5. The van der Waals surface area contributed by atoms with Gasteiger partial charge in [0.05, 0.1) is 6.26 Å². The summed E-state index contributed by atoms with van der Waals surface area (Å²) in [5.74, 6) is 5.33. The van der Waals surface area contributed by atoms with Gasteiger partial charge in [-0.25, -0.2) is 0 Å². The van der Waals surface area contributed by atoms with E-state index in [-0.39, 0.29) is 7.43 Å². The van der Waals surface area contributed by atoms with E-state index in [9.17, 15) is 0 Å². The molecule has 0 heterocycles. The third kappa shape index (κ3) is 5.84. The molecule has 11 unspecified atom stereocenters. The van der Waals surface area contributed by atoms with E-state index in [1.165, 1.54) is 103 Å². The molecule has 11 atom stereocenters. The van der Waals surface area contributed by atoms with E-state index in [4.69, 9.17) is 5.11 Å². The van der Waals surface area contributed by atoms with E-state index >= 15 is 0 Å². The Morgan fingerprint density at radius 3 is 1.89 bits per heavy atom. The molecule has 0 aromatic heterocycles. The van der Waals surface area contributed by atoms with Crippen molar-refractivity contribution in [3.8, 4) is 0 Å². The summed E-state index contributed by atoms with van der Waals surface area (Å²) >= 11 is 0. The van der Waals surface area contributed by atoms with Crippen molar-refractivity contribution >= 4 is 7.28 Å². The van der Waals surface area contributed by atoms with Gasteiger partial charge in [-0.1, -0.05) is 147 Å². The Morgan fingerprint density at radius 1 is 0.804 bits per heavy atom. The summed E-state index contributed by atoms with van der Waals surface area (Å²) in [4.78, 5) is 0. The van der Waals surface area contributed by atoms with Crippen LogP contribution in [0.5, 0.6) is 0 Å². The summed E-state index contributed by atoms with van der Waals surface area (Å²) in [5, 5.41) is 7.72. The summed E-state index contributed by atoms with van der Waals surface area (Å²) in [6.45, 7) is 31.4. The Balaban J connectivity index is 0.000000411. The van der Waals surface area contributed by atoms with Crippen molar-refractivity contribution in [1.82, 2.24) is 0 Å². The van der Waals surface area contributed by atoms with Crippen molar-refractivity contribution in [2.45, 2.75) is 192 Å². The molecular formula is C44H80BO. The van der Waals surface area contributed by atoms with Crippen LogP contribution in [0, 0.1) is 62.6 Å². The molecule has 2 heteroatoms. The van der Waals surface area contributed by atoms with E-state index in [1.54, 1.807) is 0 Å². The summed E-state index contributed by atoms with van der Waals surface area (Å²) in [7, 11) is 2.72. The SMILES string of the molecule is C.C=CO.CC1CCCCC1C.C[B]C12CCC3(C)C4CCCC5(C)CCCC(C)C5(CC)C4=CCC3C1(C)CCC(C)C2(C)C. The zero-order valence-electron chi connectivity index (χ0n) is 32.2. The average molecular weight is 636 g/mol. The smallest absolute Gasteiger partial charge is 0.115 e. The molecule has 1 nitrogen and oxygen atoms in total. The predicted octanol–water partition coefficient (Wildman–Crippen LogP) is 14.3. The van der Waals surface area contributed by atoms with Gasteiger partial charge in [0.25, 0.3) is 0 Å². The number of aliphatic hydroxyl groups is 1.